The summed E-state index contributed by atoms with van der Waals surface area (Å²) in [7, 11) is 0. The third-order valence-corrected chi connectivity index (χ3v) is 12.0. The lowest BCUT2D eigenvalue weighted by Crippen LogP contribution is -2.34. The van der Waals surface area contributed by atoms with Gasteiger partial charge in [0.25, 0.3) is 0 Å². The van der Waals surface area contributed by atoms with Gasteiger partial charge in [0.15, 0.2) is 34.6 Å². The molecule has 2 atom stereocenters. The number of aliphatic hydroxyl groups excluding tert-OH is 2. The summed E-state index contributed by atoms with van der Waals surface area (Å²) < 4.78 is 57.8. The second kappa shape index (κ2) is 19.0. The molecule has 3 aliphatic rings. The maximum absolute atomic E-state index is 15.7. The molecule has 0 saturated heterocycles. The molecular formula is C48H57F3N2O6. The fourth-order valence-electron chi connectivity index (χ4n) is 8.49. The lowest BCUT2D eigenvalue weighted by molar-refractivity contribution is -0.125. The highest BCUT2D eigenvalue weighted by atomic mass is 19.1. The Hall–Kier alpha value is -4.87. The number of halogens is 3. The highest BCUT2D eigenvalue weighted by molar-refractivity contribution is 6.30. The minimum atomic E-state index is -1.99. The summed E-state index contributed by atoms with van der Waals surface area (Å²) in [6, 6.07) is 7.71. The molecule has 2 fully saturated rings. The van der Waals surface area contributed by atoms with Crippen LogP contribution in [-0.2, 0) is 26.4 Å². The van der Waals surface area contributed by atoms with Crippen molar-refractivity contribution in [1.29, 1.82) is 5.41 Å². The molecule has 5 rings (SSSR count). The third-order valence-electron chi connectivity index (χ3n) is 12.0. The second-order valence-electron chi connectivity index (χ2n) is 16.3. The number of alkyl halides is 2. The molecule has 0 bridgehead atoms. The quantitative estimate of drug-likeness (QED) is 0.0387. The molecule has 2 aromatic carbocycles. The van der Waals surface area contributed by atoms with Gasteiger partial charge in [0.1, 0.15) is 17.0 Å². The Balaban J connectivity index is 1.53. The standard InChI is InChI=1S/C48H57F3N2O6/c1-7-37-32(26-31-15-18-40(42(49)30(31)3)59-24-12-11-23-58-25-22-54)27-39(55)41(45(57)48(37)19-9-10-20-48)44(56)43(52)35-17-16-34(47(6,51)8-2)28-36(35)38-29-33(46(4,5)50)14-13-21-53-38/h7-8,13,15-18,21,28-29,32,52,54,56H,2,9-12,14,19-20,22-27H2,1,3-6H3/b37-7-,44-41?,52-43?. The van der Waals surface area contributed by atoms with Crippen molar-refractivity contribution in [1.82, 2.24) is 0 Å². The van der Waals surface area contributed by atoms with Crippen LogP contribution in [0.15, 0.2) is 94.9 Å². The van der Waals surface area contributed by atoms with Crippen molar-refractivity contribution in [3.63, 3.8) is 0 Å². The van der Waals surface area contributed by atoms with Crippen molar-refractivity contribution in [3.05, 3.63) is 124 Å². The van der Waals surface area contributed by atoms with Crippen LogP contribution < -0.4 is 4.74 Å². The Labute approximate surface area is 345 Å². The molecule has 0 amide bonds. The molecule has 11 heteroatoms. The molecule has 2 saturated carbocycles. The molecule has 316 valence electrons. The number of ketones is 2. The number of hydrogen-bond acceptors (Lipinski definition) is 8. The van der Waals surface area contributed by atoms with E-state index in [1.165, 1.54) is 45.2 Å². The molecule has 1 heterocycles. The number of nitrogens with one attached hydrogen (secondary N) is 1. The average molecular weight is 815 g/mol. The number of aliphatic imine (C=N–C) groups is 1. The number of rotatable bonds is 16. The van der Waals surface area contributed by atoms with Gasteiger partial charge in [-0.3, -0.25) is 20.0 Å². The lowest BCUT2D eigenvalue weighted by Gasteiger charge is -2.33. The fourth-order valence-corrected chi connectivity index (χ4v) is 8.49. The maximum atomic E-state index is 15.7. The first-order valence-corrected chi connectivity index (χ1v) is 20.5. The van der Waals surface area contributed by atoms with E-state index < -0.39 is 57.1 Å². The Bertz CT molecular complexity index is 2110. The number of benzene rings is 2. The number of unbranched alkanes of at least 4 members (excludes halogenated alkanes) is 1. The molecule has 0 aromatic heterocycles. The molecule has 1 aliphatic heterocycles. The Kier molecular flexibility index (Phi) is 14.6. The number of ether oxygens (including phenoxy) is 2. The summed E-state index contributed by atoms with van der Waals surface area (Å²) in [6.07, 6.45) is 11.7. The zero-order chi connectivity index (χ0) is 43.1. The van der Waals surface area contributed by atoms with Gasteiger partial charge < -0.3 is 19.7 Å². The van der Waals surface area contributed by atoms with Crippen LogP contribution in [-0.4, -0.2) is 65.3 Å². The van der Waals surface area contributed by atoms with E-state index >= 15 is 13.2 Å². The van der Waals surface area contributed by atoms with Crippen LogP contribution in [0.2, 0.25) is 0 Å². The van der Waals surface area contributed by atoms with Crippen LogP contribution in [0.25, 0.3) is 0 Å². The zero-order valence-electron chi connectivity index (χ0n) is 34.9. The number of carbonyl (C=O) groups excluding carboxylic acids is 2. The van der Waals surface area contributed by atoms with E-state index in [0.717, 1.165) is 11.6 Å². The van der Waals surface area contributed by atoms with Crippen molar-refractivity contribution in [2.45, 2.75) is 104 Å². The smallest absolute Gasteiger partial charge is 0.180 e. The summed E-state index contributed by atoms with van der Waals surface area (Å²) in [6.45, 7) is 12.2. The van der Waals surface area contributed by atoms with Crippen molar-refractivity contribution in [2.24, 2.45) is 16.3 Å². The summed E-state index contributed by atoms with van der Waals surface area (Å²) in [5.41, 5.74) is -3.01. The molecule has 3 N–H and O–H groups in total. The van der Waals surface area contributed by atoms with Gasteiger partial charge in [-0.1, -0.05) is 61.4 Å². The van der Waals surface area contributed by atoms with Gasteiger partial charge in [0.2, 0.25) is 0 Å². The highest BCUT2D eigenvalue weighted by Crippen LogP contribution is 2.53. The number of carbonyl (C=O) groups is 2. The van der Waals surface area contributed by atoms with E-state index in [9.17, 15) is 20.1 Å². The number of nitrogens with zero attached hydrogens (tertiary/aromatic N) is 1. The van der Waals surface area contributed by atoms with E-state index in [4.69, 9.17) is 14.6 Å². The van der Waals surface area contributed by atoms with E-state index in [1.54, 1.807) is 31.2 Å². The van der Waals surface area contributed by atoms with Gasteiger partial charge in [-0.25, -0.2) is 13.2 Å². The maximum Gasteiger partial charge on any atom is 0.180 e. The van der Waals surface area contributed by atoms with Crippen LogP contribution in [0.1, 0.15) is 107 Å². The van der Waals surface area contributed by atoms with Crippen LogP contribution in [0, 0.1) is 29.5 Å². The fraction of sp³-hybridized carbons (Fsp3) is 0.458. The highest BCUT2D eigenvalue weighted by Gasteiger charge is 2.52. The number of aliphatic hydroxyl groups is 2. The van der Waals surface area contributed by atoms with Gasteiger partial charge in [-0.2, -0.15) is 0 Å². The van der Waals surface area contributed by atoms with Gasteiger partial charge in [0.05, 0.1) is 30.9 Å². The average Bonchev–Trinajstić information content (AvgIpc) is 3.52. The first-order chi connectivity index (χ1) is 28.0. The zero-order valence-corrected chi connectivity index (χ0v) is 34.9. The van der Waals surface area contributed by atoms with E-state index in [0.29, 0.717) is 61.8 Å². The minimum absolute atomic E-state index is 0.0485. The van der Waals surface area contributed by atoms with Crippen molar-refractivity contribution in [2.75, 3.05) is 26.4 Å². The van der Waals surface area contributed by atoms with Crippen LogP contribution in [0.5, 0.6) is 5.75 Å². The molecule has 0 radical (unpaired) electrons. The Morgan fingerprint density at radius 3 is 2.46 bits per heavy atom. The van der Waals surface area contributed by atoms with Crippen LogP contribution in [0.4, 0.5) is 13.2 Å². The Morgan fingerprint density at radius 1 is 1.08 bits per heavy atom. The van der Waals surface area contributed by atoms with Crippen molar-refractivity contribution < 1.29 is 42.4 Å². The topological polar surface area (TPSA) is 129 Å². The monoisotopic (exact) mass is 814 g/mol. The second-order valence-corrected chi connectivity index (χ2v) is 16.3. The molecular weight excluding hydrogens is 758 g/mol. The van der Waals surface area contributed by atoms with Gasteiger partial charge in [-0.15, -0.1) is 0 Å². The summed E-state index contributed by atoms with van der Waals surface area (Å²) in [5, 5.41) is 30.2. The Morgan fingerprint density at radius 2 is 1.80 bits per heavy atom. The van der Waals surface area contributed by atoms with Gasteiger partial charge >= 0.3 is 0 Å². The number of allylic oxidation sites excluding steroid dienone is 8. The van der Waals surface area contributed by atoms with Gasteiger partial charge in [0, 0.05) is 30.4 Å². The molecule has 2 aliphatic carbocycles. The van der Waals surface area contributed by atoms with Crippen LogP contribution in [0.3, 0.4) is 0 Å². The number of Topliss-reactive ketones (excluding diaryl/α,β-unsaturated/α-hetero) is 2. The SMILES string of the molecule is C=CC(C)(F)c1ccc(C(=N)C(O)=C2C(=O)CC(Cc3ccc(OCCCCOCCO)c(F)c3C)/C(=C/C)C3(CCCC3)C2=O)c(C2=NC=CCC(C(C)(C)F)=C2)c1. The van der Waals surface area contributed by atoms with Crippen LogP contribution >= 0.6 is 0 Å². The lowest BCUT2D eigenvalue weighted by atomic mass is 9.68. The summed E-state index contributed by atoms with van der Waals surface area (Å²) in [5.74, 6) is -2.89. The molecule has 8 nitrogen and oxygen atoms in total. The predicted octanol–water partition coefficient (Wildman–Crippen LogP) is 10.1. The first kappa shape index (κ1) is 45.2. The molecule has 59 heavy (non-hydrogen) atoms. The largest absolute Gasteiger partial charge is 0.505 e. The molecule has 2 aromatic rings. The van der Waals surface area contributed by atoms with Crippen molar-refractivity contribution in [3.8, 4) is 5.75 Å². The van der Waals surface area contributed by atoms with E-state index in [2.05, 4.69) is 11.6 Å². The third kappa shape index (κ3) is 9.79. The molecule has 2 unspecified atom stereocenters. The predicted molar refractivity (Wildman–Crippen MR) is 225 cm³/mol. The minimum Gasteiger partial charge on any atom is -0.505 e. The van der Waals surface area contributed by atoms with E-state index in [1.807, 2.05) is 13.0 Å². The summed E-state index contributed by atoms with van der Waals surface area (Å²) >= 11 is 0. The number of hydrogen-bond donors (Lipinski definition) is 3. The van der Waals surface area contributed by atoms with Gasteiger partial charge in [-0.05, 0) is 120 Å². The summed E-state index contributed by atoms with van der Waals surface area (Å²) in [4.78, 5) is 33.8. The molecule has 1 spiro atoms. The normalized spacial score (nSPS) is 20.8. The first-order valence-electron chi connectivity index (χ1n) is 20.5. The van der Waals surface area contributed by atoms with E-state index in [-0.39, 0.29) is 67.2 Å². The van der Waals surface area contributed by atoms with Crippen molar-refractivity contribution >= 4 is 23.0 Å².